The summed E-state index contributed by atoms with van der Waals surface area (Å²) in [6, 6.07) is 0. The van der Waals surface area contributed by atoms with E-state index in [0.29, 0.717) is 32.7 Å². The smallest absolute Gasteiger partial charge is 0.305 e. The average Bonchev–Trinajstić information content (AvgIpc) is 3.25. The van der Waals surface area contributed by atoms with Crippen molar-refractivity contribution in [2.45, 2.75) is 230 Å². The van der Waals surface area contributed by atoms with Gasteiger partial charge in [0.25, 0.3) is 0 Å². The Morgan fingerprint density at radius 3 is 1.54 bits per heavy atom. The minimum absolute atomic E-state index is 0.150. The molecule has 0 bridgehead atoms. The normalized spacial score (nSPS) is 12.0. The van der Waals surface area contributed by atoms with Crippen molar-refractivity contribution in [1.29, 1.82) is 0 Å². The van der Waals surface area contributed by atoms with E-state index >= 15 is 0 Å². The van der Waals surface area contributed by atoms with Gasteiger partial charge < -0.3 is 28.6 Å². The van der Waals surface area contributed by atoms with Gasteiger partial charge in [-0.05, 0) is 58.0 Å². The molecule has 2 unspecified atom stereocenters. The van der Waals surface area contributed by atoms with E-state index in [1.165, 1.54) is 89.9 Å². The van der Waals surface area contributed by atoms with E-state index in [-0.39, 0.29) is 37.5 Å². The molecule has 0 amide bonds. The number of esters is 2. The molecule has 0 saturated heterocycles. The number of hydrogen-bond donors (Lipinski definition) is 0. The fourth-order valence-corrected chi connectivity index (χ4v) is 5.73. The Bertz CT molecular complexity index is 844. The molecule has 0 aliphatic carbocycles. The highest BCUT2D eigenvalue weighted by molar-refractivity contribution is 5.69. The molecule has 0 aromatic rings. The molecular weight excluding hydrogens is 739 g/mol. The molecule has 2 atom stereocenters. The Kier molecular flexibility index (Phi) is 63.2. The molecule has 0 heterocycles. The highest BCUT2D eigenvalue weighted by atomic mass is 16.7. The van der Waals surface area contributed by atoms with Gasteiger partial charge >= 0.3 is 11.9 Å². The number of allylic oxidation sites excluding steroid dienone is 4. The number of carbonyl (C=O) groups excluding carboxylic acids is 2. The first-order valence-corrected chi connectivity index (χ1v) is 24.9. The third-order valence-electron chi connectivity index (χ3n) is 9.45. The fraction of sp³-hybridized carbons (Fsp3) is 0.882. The summed E-state index contributed by atoms with van der Waals surface area (Å²) in [5.74, 6) is -0.721. The number of carbonyl (C=O) groups is 2. The Hall–Kier alpha value is -1.74. The van der Waals surface area contributed by atoms with Crippen LogP contribution in [0.1, 0.15) is 223 Å². The van der Waals surface area contributed by atoms with Crippen LogP contribution in [0.2, 0.25) is 0 Å². The summed E-state index contributed by atoms with van der Waals surface area (Å²) in [7, 11) is 1.60. The van der Waals surface area contributed by atoms with Gasteiger partial charge in [-0.1, -0.05) is 183 Å². The second-order valence-electron chi connectivity index (χ2n) is 15.2. The minimum atomic E-state index is -0.419. The van der Waals surface area contributed by atoms with Crippen LogP contribution < -0.4 is 0 Å². The van der Waals surface area contributed by atoms with Crippen LogP contribution in [-0.2, 0) is 33.3 Å². The van der Waals surface area contributed by atoms with Crippen molar-refractivity contribution >= 4 is 11.9 Å². The molecule has 0 aromatic carbocycles. The number of ether oxygens (including phenoxy) is 5. The van der Waals surface area contributed by atoms with Crippen molar-refractivity contribution in [2.24, 2.45) is 5.92 Å². The van der Waals surface area contributed by atoms with Gasteiger partial charge in [0.2, 0.25) is 0 Å². The van der Waals surface area contributed by atoms with Gasteiger partial charge in [-0.25, -0.2) is 0 Å². The Labute approximate surface area is 368 Å². The van der Waals surface area contributed by atoms with Gasteiger partial charge in [0.05, 0.1) is 38.8 Å². The molecule has 0 N–H and O–H groups in total. The van der Waals surface area contributed by atoms with Crippen molar-refractivity contribution in [3.8, 4) is 0 Å². The van der Waals surface area contributed by atoms with Crippen LogP contribution in [-0.4, -0.2) is 82.9 Å². The lowest BCUT2D eigenvalue weighted by molar-refractivity contribution is -0.155. The number of methoxy groups -OCH3 is 1. The van der Waals surface area contributed by atoms with Crippen molar-refractivity contribution in [3.63, 3.8) is 0 Å². The number of hydrogen-bond acceptors (Lipinski definition) is 8. The molecule has 0 radical (unpaired) electrons. The summed E-state index contributed by atoms with van der Waals surface area (Å²) in [5.41, 5.74) is 0. The van der Waals surface area contributed by atoms with Gasteiger partial charge in [0, 0.05) is 33.1 Å². The first-order valence-electron chi connectivity index (χ1n) is 24.9. The molecule has 8 heteroatoms. The first-order chi connectivity index (χ1) is 28.8. The molecule has 0 aliphatic heterocycles. The molecule has 59 heavy (non-hydrogen) atoms. The van der Waals surface area contributed by atoms with Crippen LogP contribution in [0.25, 0.3) is 0 Å². The van der Waals surface area contributed by atoms with E-state index in [2.05, 4.69) is 84.6 Å². The van der Waals surface area contributed by atoms with Crippen LogP contribution >= 0.6 is 0 Å². The van der Waals surface area contributed by atoms with Crippen LogP contribution in [0.3, 0.4) is 0 Å². The van der Waals surface area contributed by atoms with Crippen LogP contribution in [0.5, 0.6) is 0 Å². The zero-order chi connectivity index (χ0) is 44.9. The Morgan fingerprint density at radius 2 is 1.02 bits per heavy atom. The second-order valence-corrected chi connectivity index (χ2v) is 15.2. The molecule has 354 valence electrons. The fourth-order valence-electron chi connectivity index (χ4n) is 5.73. The summed E-state index contributed by atoms with van der Waals surface area (Å²) in [6.07, 6.45) is 34.9. The van der Waals surface area contributed by atoms with Crippen molar-refractivity contribution < 1.29 is 33.3 Å². The van der Waals surface area contributed by atoms with Gasteiger partial charge in [-0.15, -0.1) is 0 Å². The molecule has 0 rings (SSSR count). The second kappa shape index (κ2) is 58.4. The van der Waals surface area contributed by atoms with Gasteiger partial charge in [-0.2, -0.15) is 0 Å². The summed E-state index contributed by atoms with van der Waals surface area (Å²) >= 11 is 0. The van der Waals surface area contributed by atoms with Crippen molar-refractivity contribution in [2.75, 3.05) is 59.8 Å². The average molecular weight is 842 g/mol. The Balaban J connectivity index is -0.00000136. The molecular formula is C51H103NO7. The van der Waals surface area contributed by atoms with E-state index in [4.69, 9.17) is 23.7 Å². The van der Waals surface area contributed by atoms with Crippen LogP contribution in [0, 0.1) is 5.92 Å². The Morgan fingerprint density at radius 1 is 0.542 bits per heavy atom. The van der Waals surface area contributed by atoms with E-state index in [9.17, 15) is 9.59 Å². The lowest BCUT2D eigenvalue weighted by atomic mass is 10.1. The van der Waals surface area contributed by atoms with Crippen molar-refractivity contribution in [1.82, 2.24) is 4.90 Å². The number of likely N-dealkylation sites (N-methyl/N-ethyl adjacent to an activating group) is 1. The largest absolute Gasteiger partial charge is 0.465 e. The summed E-state index contributed by atoms with van der Waals surface area (Å²) in [5, 5.41) is 0. The third-order valence-corrected chi connectivity index (χ3v) is 9.45. The maximum absolute atomic E-state index is 12.6. The van der Waals surface area contributed by atoms with Crippen LogP contribution in [0.15, 0.2) is 24.3 Å². The van der Waals surface area contributed by atoms with E-state index < -0.39 is 6.29 Å². The first kappa shape index (κ1) is 63.9. The molecule has 0 aromatic heterocycles. The summed E-state index contributed by atoms with van der Waals surface area (Å²) in [4.78, 5) is 27.3. The number of rotatable bonds is 39. The van der Waals surface area contributed by atoms with E-state index in [1.807, 2.05) is 13.8 Å². The van der Waals surface area contributed by atoms with Crippen LogP contribution in [0.4, 0.5) is 0 Å². The van der Waals surface area contributed by atoms with Gasteiger partial charge in [0.1, 0.15) is 0 Å². The lowest BCUT2D eigenvalue weighted by Gasteiger charge is -2.21. The topological polar surface area (TPSA) is 83.5 Å². The SMILES string of the molecule is CC.CCC.CCCCC.CCCCC/C=C\C/C=C\CCCCCCCC(=O)OCC(COCCN(CC)CC)COC(=O)CCC(OC)OCCCCCCCC. The lowest BCUT2D eigenvalue weighted by Crippen LogP contribution is -2.29. The molecule has 8 nitrogen and oxygen atoms in total. The maximum Gasteiger partial charge on any atom is 0.305 e. The minimum Gasteiger partial charge on any atom is -0.465 e. The number of nitrogens with zero attached hydrogens (tertiary/aromatic N) is 1. The van der Waals surface area contributed by atoms with Gasteiger partial charge in [-0.3, -0.25) is 9.59 Å². The highest BCUT2D eigenvalue weighted by Crippen LogP contribution is 2.12. The quantitative estimate of drug-likeness (QED) is 0.0262. The predicted octanol–water partition coefficient (Wildman–Crippen LogP) is 14.6. The van der Waals surface area contributed by atoms with Gasteiger partial charge in [0.15, 0.2) is 6.29 Å². The van der Waals surface area contributed by atoms with E-state index in [0.717, 1.165) is 64.6 Å². The summed E-state index contributed by atoms with van der Waals surface area (Å²) in [6.45, 7) is 26.1. The molecule has 0 aliphatic rings. The third kappa shape index (κ3) is 56.3. The van der Waals surface area contributed by atoms with E-state index in [1.54, 1.807) is 7.11 Å². The maximum atomic E-state index is 12.6. The monoisotopic (exact) mass is 842 g/mol. The zero-order valence-electron chi connectivity index (χ0n) is 41.4. The van der Waals surface area contributed by atoms with Crippen molar-refractivity contribution in [3.05, 3.63) is 24.3 Å². The molecule has 0 fully saturated rings. The predicted molar refractivity (Wildman–Crippen MR) is 255 cm³/mol. The number of unbranched alkanes of at least 4 members (excludes halogenated alkanes) is 15. The summed E-state index contributed by atoms with van der Waals surface area (Å²) < 4.78 is 28.3. The standard InChI is InChI=1S/C41H77NO7.C5H12.C3H8.C2H6/c1-6-10-12-14-16-17-18-19-20-21-22-23-24-25-27-29-39(43)48-36-38(35-46-34-32-42(8-3)9-4)37-49-40(44)30-31-41(45-5)47-33-28-26-15-13-11-7-2;1-3-5-4-2;1-3-2;1-2/h16-17,19-20,38,41H,6-15,18,21-37H2,1-5H3;3-5H2,1-2H3;3H2,1-2H3;1-2H3/b17-16-,20-19-;;;. The molecule has 0 saturated carbocycles. The highest BCUT2D eigenvalue weighted by Gasteiger charge is 2.17. The zero-order valence-corrected chi connectivity index (χ0v) is 41.4. The molecule has 0 spiro atoms.